The number of allylic oxidation sites excluding steroid dienone is 1. The van der Waals surface area contributed by atoms with Crippen LogP contribution in [0.15, 0.2) is 60.7 Å². The van der Waals surface area contributed by atoms with E-state index >= 15 is 0 Å². The molecule has 37 heavy (non-hydrogen) atoms. The highest BCUT2D eigenvalue weighted by molar-refractivity contribution is 6.09. The van der Waals surface area contributed by atoms with E-state index in [-0.39, 0.29) is 5.78 Å². The lowest BCUT2D eigenvalue weighted by Gasteiger charge is -2.21. The number of carbonyl (C=O) groups excluding carboxylic acids is 1. The minimum absolute atomic E-state index is 0.226. The normalized spacial score (nSPS) is 11.3. The Balaban J connectivity index is 2.02. The average Bonchev–Trinajstić information content (AvgIpc) is 2.94. The summed E-state index contributed by atoms with van der Waals surface area (Å²) in [6, 6.07) is 17.0. The molecule has 0 spiro atoms. The van der Waals surface area contributed by atoms with E-state index in [0.29, 0.717) is 29.2 Å². The van der Waals surface area contributed by atoms with Crippen molar-refractivity contribution >= 4 is 11.9 Å². The monoisotopic (exact) mass is 503 g/mol. The molecule has 0 aliphatic carbocycles. The summed E-state index contributed by atoms with van der Waals surface area (Å²) >= 11 is 0. The molecule has 0 amide bonds. The second-order valence-corrected chi connectivity index (χ2v) is 8.88. The van der Waals surface area contributed by atoms with Gasteiger partial charge in [-0.2, -0.15) is 0 Å². The maximum Gasteiger partial charge on any atom is 0.189 e. The van der Waals surface area contributed by atoms with E-state index in [0.717, 1.165) is 49.2 Å². The molecule has 0 unspecified atom stereocenters. The first-order valence-electron chi connectivity index (χ1n) is 13.1. The van der Waals surface area contributed by atoms with Gasteiger partial charge in [0.15, 0.2) is 5.78 Å². The zero-order valence-corrected chi connectivity index (χ0v) is 22.6. The molecule has 3 rings (SSSR count). The Bertz CT molecular complexity index is 1230. The smallest absolute Gasteiger partial charge is 0.189 e. The first kappa shape index (κ1) is 28.1. The zero-order chi connectivity index (χ0) is 26.8. The third-order valence-electron chi connectivity index (χ3n) is 6.65. The Morgan fingerprint density at radius 1 is 0.946 bits per heavy atom. The molecular formula is C32H38FNO3. The first-order valence-corrected chi connectivity index (χ1v) is 13.1. The summed E-state index contributed by atoms with van der Waals surface area (Å²) in [4.78, 5) is 15.8. The number of hydrogen-bond donors (Lipinski definition) is 0. The van der Waals surface area contributed by atoms with Gasteiger partial charge in [0.1, 0.15) is 23.9 Å². The van der Waals surface area contributed by atoms with Crippen LogP contribution in [-0.4, -0.2) is 44.0 Å². The van der Waals surface area contributed by atoms with Gasteiger partial charge >= 0.3 is 0 Å². The SMILES string of the molecule is CCc1cccc(-c2cc(CC)c(OCCN(CC)CC)c(C(=O)C=Cc3ccc(OC)cc3F)c2)c1. The molecule has 3 aromatic carbocycles. The molecule has 0 heterocycles. The molecule has 0 saturated carbocycles. The van der Waals surface area contributed by atoms with Crippen LogP contribution in [0, 0.1) is 5.82 Å². The lowest BCUT2D eigenvalue weighted by Crippen LogP contribution is -2.28. The van der Waals surface area contributed by atoms with Crippen molar-refractivity contribution in [3.63, 3.8) is 0 Å². The Labute approximate surface area is 220 Å². The molecule has 0 bridgehead atoms. The van der Waals surface area contributed by atoms with E-state index in [9.17, 15) is 9.18 Å². The Kier molecular flexibility index (Phi) is 10.5. The van der Waals surface area contributed by atoms with Crippen LogP contribution in [0.2, 0.25) is 0 Å². The van der Waals surface area contributed by atoms with Gasteiger partial charge in [-0.05, 0) is 84.6 Å². The molecule has 0 fully saturated rings. The number of ether oxygens (including phenoxy) is 2. The second-order valence-electron chi connectivity index (χ2n) is 8.88. The molecule has 0 aliphatic rings. The summed E-state index contributed by atoms with van der Waals surface area (Å²) in [7, 11) is 1.49. The third kappa shape index (κ3) is 7.30. The number of halogens is 1. The van der Waals surface area contributed by atoms with Crippen molar-refractivity contribution in [2.24, 2.45) is 0 Å². The number of methoxy groups -OCH3 is 1. The zero-order valence-electron chi connectivity index (χ0n) is 22.6. The van der Waals surface area contributed by atoms with Crippen molar-refractivity contribution in [1.82, 2.24) is 4.90 Å². The fourth-order valence-electron chi connectivity index (χ4n) is 4.28. The summed E-state index contributed by atoms with van der Waals surface area (Å²) in [5.74, 6) is 0.365. The van der Waals surface area contributed by atoms with Crippen LogP contribution in [0.25, 0.3) is 17.2 Å². The fourth-order valence-corrected chi connectivity index (χ4v) is 4.28. The largest absolute Gasteiger partial charge is 0.497 e. The van der Waals surface area contributed by atoms with Crippen molar-refractivity contribution in [2.75, 3.05) is 33.4 Å². The van der Waals surface area contributed by atoms with Gasteiger partial charge in [0.05, 0.1) is 12.7 Å². The van der Waals surface area contributed by atoms with Crippen LogP contribution in [0.3, 0.4) is 0 Å². The predicted octanol–water partition coefficient (Wildman–Crippen LogP) is 7.24. The first-order chi connectivity index (χ1) is 17.9. The van der Waals surface area contributed by atoms with Crippen LogP contribution < -0.4 is 9.47 Å². The number of hydrogen-bond acceptors (Lipinski definition) is 4. The van der Waals surface area contributed by atoms with Crippen LogP contribution >= 0.6 is 0 Å². The highest BCUT2D eigenvalue weighted by Gasteiger charge is 2.18. The summed E-state index contributed by atoms with van der Waals surface area (Å²) in [6.45, 7) is 11.6. The van der Waals surface area contributed by atoms with Gasteiger partial charge in [0, 0.05) is 18.2 Å². The van der Waals surface area contributed by atoms with E-state index in [1.807, 2.05) is 12.1 Å². The van der Waals surface area contributed by atoms with Gasteiger partial charge in [-0.15, -0.1) is 0 Å². The molecule has 0 atom stereocenters. The lowest BCUT2D eigenvalue weighted by molar-refractivity contribution is 0.104. The van der Waals surface area contributed by atoms with E-state index < -0.39 is 5.82 Å². The quantitative estimate of drug-likeness (QED) is 0.182. The number of aryl methyl sites for hydroxylation is 2. The second kappa shape index (κ2) is 13.8. The molecule has 5 heteroatoms. The van der Waals surface area contributed by atoms with Crippen LogP contribution in [0.1, 0.15) is 54.7 Å². The Morgan fingerprint density at radius 2 is 1.73 bits per heavy atom. The number of ketones is 1. The molecule has 0 radical (unpaired) electrons. The van der Waals surface area contributed by atoms with Crippen molar-refractivity contribution in [2.45, 2.75) is 40.5 Å². The van der Waals surface area contributed by atoms with E-state index in [1.54, 1.807) is 12.1 Å². The van der Waals surface area contributed by atoms with Gasteiger partial charge in [0.25, 0.3) is 0 Å². The third-order valence-corrected chi connectivity index (χ3v) is 6.65. The summed E-state index contributed by atoms with van der Waals surface area (Å²) in [5.41, 5.74) is 5.05. The van der Waals surface area contributed by atoms with E-state index in [1.165, 1.54) is 30.9 Å². The van der Waals surface area contributed by atoms with E-state index in [2.05, 4.69) is 56.9 Å². The maximum atomic E-state index is 14.5. The average molecular weight is 504 g/mol. The Morgan fingerprint density at radius 3 is 2.38 bits per heavy atom. The van der Waals surface area contributed by atoms with Gasteiger partial charge in [0.2, 0.25) is 0 Å². The maximum absolute atomic E-state index is 14.5. The standard InChI is InChI=1S/C32H38FNO3/c1-6-23-11-10-12-26(19-23)27-20-24(7-2)32(37-18-17-34(8-3)9-4)29(21-27)31(35)16-14-25-13-15-28(36-5)22-30(25)33/h10-16,19-22H,6-9,17-18H2,1-5H3. The molecule has 0 N–H and O–H groups in total. The number of benzene rings is 3. The molecule has 4 nitrogen and oxygen atoms in total. The minimum Gasteiger partial charge on any atom is -0.497 e. The number of likely N-dealkylation sites (N-methyl/N-ethyl adjacent to an activating group) is 1. The van der Waals surface area contributed by atoms with Crippen molar-refractivity contribution in [3.8, 4) is 22.6 Å². The van der Waals surface area contributed by atoms with Crippen LogP contribution in [0.5, 0.6) is 11.5 Å². The van der Waals surface area contributed by atoms with Crippen LogP contribution in [0.4, 0.5) is 4.39 Å². The number of rotatable bonds is 13. The topological polar surface area (TPSA) is 38.8 Å². The van der Waals surface area contributed by atoms with Gasteiger partial charge in [-0.3, -0.25) is 4.79 Å². The number of nitrogens with zero attached hydrogens (tertiary/aromatic N) is 1. The number of carbonyl (C=O) groups is 1. The van der Waals surface area contributed by atoms with Gasteiger partial charge < -0.3 is 14.4 Å². The van der Waals surface area contributed by atoms with Crippen molar-refractivity contribution in [3.05, 3.63) is 88.7 Å². The highest BCUT2D eigenvalue weighted by atomic mass is 19.1. The molecule has 3 aromatic rings. The summed E-state index contributed by atoms with van der Waals surface area (Å²) < 4.78 is 25.8. The predicted molar refractivity (Wildman–Crippen MR) is 150 cm³/mol. The Hall–Kier alpha value is -3.44. The summed E-state index contributed by atoms with van der Waals surface area (Å²) in [6.07, 6.45) is 4.58. The highest BCUT2D eigenvalue weighted by Crippen LogP contribution is 2.33. The minimum atomic E-state index is -0.446. The summed E-state index contributed by atoms with van der Waals surface area (Å²) in [5, 5.41) is 0. The molecule has 0 aromatic heterocycles. The van der Waals surface area contributed by atoms with Crippen LogP contribution in [-0.2, 0) is 12.8 Å². The molecule has 196 valence electrons. The lowest BCUT2D eigenvalue weighted by atomic mass is 9.94. The van der Waals surface area contributed by atoms with Gasteiger partial charge in [-0.1, -0.05) is 52.0 Å². The molecule has 0 aliphatic heterocycles. The fraction of sp³-hybridized carbons (Fsp3) is 0.344. The van der Waals surface area contributed by atoms with E-state index in [4.69, 9.17) is 9.47 Å². The molecule has 0 saturated heterocycles. The van der Waals surface area contributed by atoms with Crippen molar-refractivity contribution in [1.29, 1.82) is 0 Å². The molecular weight excluding hydrogens is 465 g/mol. The van der Waals surface area contributed by atoms with Gasteiger partial charge in [-0.25, -0.2) is 4.39 Å². The van der Waals surface area contributed by atoms with Crippen molar-refractivity contribution < 1.29 is 18.7 Å².